The third kappa shape index (κ3) is 2.79. The number of nitrogen functional groups attached to an aromatic ring is 1. The number of nitrogens with zero attached hydrogens (tertiary/aromatic N) is 1. The molecule has 0 aromatic heterocycles. The number of Topliss-reactive ketones (excluding diaryl/α,β-unsaturated/α-hetero) is 1. The first-order chi connectivity index (χ1) is 9.52. The molecule has 0 unspecified atom stereocenters. The smallest absolute Gasteiger partial charge is 0.161 e. The zero-order chi connectivity index (χ0) is 14.7. The van der Waals surface area contributed by atoms with Crippen LogP contribution in [0.15, 0.2) is 42.5 Å². The highest BCUT2D eigenvalue weighted by atomic mass is 19.1. The van der Waals surface area contributed by atoms with Gasteiger partial charge in [-0.15, -0.1) is 0 Å². The largest absolute Gasteiger partial charge is 0.398 e. The molecular formula is C16H17FN2O. The monoisotopic (exact) mass is 272 g/mol. The zero-order valence-electron chi connectivity index (χ0n) is 11.6. The number of carbonyl (C=O) groups is 1. The van der Waals surface area contributed by atoms with E-state index in [2.05, 4.69) is 0 Å². The molecule has 2 rings (SSSR count). The van der Waals surface area contributed by atoms with Crippen molar-refractivity contribution < 1.29 is 9.18 Å². The predicted molar refractivity (Wildman–Crippen MR) is 79.9 cm³/mol. The van der Waals surface area contributed by atoms with Gasteiger partial charge < -0.3 is 10.6 Å². The van der Waals surface area contributed by atoms with Crippen LogP contribution in [0.5, 0.6) is 0 Å². The summed E-state index contributed by atoms with van der Waals surface area (Å²) in [6.45, 7) is 4.12. The molecule has 20 heavy (non-hydrogen) atoms. The zero-order valence-corrected chi connectivity index (χ0v) is 11.6. The number of hydrogen-bond donors (Lipinski definition) is 1. The van der Waals surface area contributed by atoms with Gasteiger partial charge in [0.15, 0.2) is 5.78 Å². The lowest BCUT2D eigenvalue weighted by atomic mass is 10.1. The van der Waals surface area contributed by atoms with Crippen molar-refractivity contribution in [2.45, 2.75) is 13.8 Å². The summed E-state index contributed by atoms with van der Waals surface area (Å²) in [5, 5.41) is 0. The van der Waals surface area contributed by atoms with Gasteiger partial charge in [-0.25, -0.2) is 4.39 Å². The molecule has 3 nitrogen and oxygen atoms in total. The van der Waals surface area contributed by atoms with Crippen molar-refractivity contribution in [1.29, 1.82) is 0 Å². The first kappa shape index (κ1) is 14.1. The number of benzene rings is 2. The summed E-state index contributed by atoms with van der Waals surface area (Å²) >= 11 is 0. The Morgan fingerprint density at radius 3 is 2.45 bits per heavy atom. The van der Waals surface area contributed by atoms with E-state index in [9.17, 15) is 9.18 Å². The fourth-order valence-corrected chi connectivity index (χ4v) is 2.20. The lowest BCUT2D eigenvalue weighted by Gasteiger charge is -2.24. The van der Waals surface area contributed by atoms with E-state index in [0.29, 0.717) is 17.8 Å². The molecule has 0 aliphatic carbocycles. The molecule has 4 heteroatoms. The van der Waals surface area contributed by atoms with Crippen LogP contribution in [0.3, 0.4) is 0 Å². The van der Waals surface area contributed by atoms with Crippen molar-refractivity contribution in [3.63, 3.8) is 0 Å². The van der Waals surface area contributed by atoms with E-state index >= 15 is 0 Å². The second kappa shape index (κ2) is 5.74. The standard InChI is InChI=1S/C16H17FN2O/c1-3-19(13-6-4-5-12(17)9-13)14-7-8-15(11(2)20)16(18)10-14/h4-10H,3,18H2,1-2H3. The first-order valence-corrected chi connectivity index (χ1v) is 6.46. The van der Waals surface area contributed by atoms with Crippen LogP contribution >= 0.6 is 0 Å². The average molecular weight is 272 g/mol. The highest BCUT2D eigenvalue weighted by molar-refractivity contribution is 5.99. The van der Waals surface area contributed by atoms with Crippen LogP contribution in [-0.2, 0) is 0 Å². The molecule has 0 saturated heterocycles. The van der Waals surface area contributed by atoms with E-state index in [4.69, 9.17) is 5.73 Å². The van der Waals surface area contributed by atoms with Crippen LogP contribution in [0, 0.1) is 5.82 Å². The van der Waals surface area contributed by atoms with Crippen LogP contribution in [0.25, 0.3) is 0 Å². The van der Waals surface area contributed by atoms with E-state index < -0.39 is 0 Å². The van der Waals surface area contributed by atoms with Crippen LogP contribution in [0.2, 0.25) is 0 Å². The molecular weight excluding hydrogens is 255 g/mol. The minimum Gasteiger partial charge on any atom is -0.398 e. The third-order valence-corrected chi connectivity index (χ3v) is 3.16. The second-order valence-corrected chi connectivity index (χ2v) is 4.55. The number of ketones is 1. The maximum Gasteiger partial charge on any atom is 0.161 e. The Morgan fingerprint density at radius 1 is 1.20 bits per heavy atom. The lowest BCUT2D eigenvalue weighted by Crippen LogP contribution is -2.16. The highest BCUT2D eigenvalue weighted by Gasteiger charge is 2.11. The molecule has 2 aromatic carbocycles. The van der Waals surface area contributed by atoms with Crippen LogP contribution < -0.4 is 10.6 Å². The Bertz CT molecular complexity index is 640. The van der Waals surface area contributed by atoms with Gasteiger partial charge in [0.1, 0.15) is 5.82 Å². The van der Waals surface area contributed by atoms with E-state index in [-0.39, 0.29) is 11.6 Å². The van der Waals surface area contributed by atoms with E-state index in [1.54, 1.807) is 18.2 Å². The van der Waals surface area contributed by atoms with E-state index in [1.165, 1.54) is 19.1 Å². The van der Waals surface area contributed by atoms with Crippen molar-refractivity contribution in [3.05, 3.63) is 53.8 Å². The van der Waals surface area contributed by atoms with Gasteiger partial charge in [0.05, 0.1) is 0 Å². The topological polar surface area (TPSA) is 46.3 Å². The number of carbonyl (C=O) groups excluding carboxylic acids is 1. The molecule has 0 fully saturated rings. The molecule has 0 heterocycles. The summed E-state index contributed by atoms with van der Waals surface area (Å²) in [5.74, 6) is -0.350. The minimum absolute atomic E-state index is 0.0668. The van der Waals surface area contributed by atoms with Gasteiger partial charge in [-0.2, -0.15) is 0 Å². The van der Waals surface area contributed by atoms with Crippen molar-refractivity contribution >= 4 is 22.8 Å². The van der Waals surface area contributed by atoms with Crippen LogP contribution in [-0.4, -0.2) is 12.3 Å². The average Bonchev–Trinajstić information content (AvgIpc) is 2.39. The Labute approximate surface area is 117 Å². The molecule has 0 spiro atoms. The molecule has 2 aromatic rings. The summed E-state index contributed by atoms with van der Waals surface area (Å²) < 4.78 is 13.3. The van der Waals surface area contributed by atoms with Gasteiger partial charge in [-0.3, -0.25) is 4.79 Å². The summed E-state index contributed by atoms with van der Waals surface area (Å²) in [4.78, 5) is 13.3. The van der Waals surface area contributed by atoms with Crippen molar-refractivity contribution in [1.82, 2.24) is 0 Å². The molecule has 0 atom stereocenters. The van der Waals surface area contributed by atoms with Gasteiger partial charge in [-0.05, 0) is 50.2 Å². The summed E-state index contributed by atoms with van der Waals surface area (Å²) in [6, 6.07) is 11.6. The number of rotatable bonds is 4. The van der Waals surface area contributed by atoms with Gasteiger partial charge in [0, 0.05) is 29.2 Å². The van der Waals surface area contributed by atoms with Crippen molar-refractivity contribution in [3.8, 4) is 0 Å². The molecule has 0 aliphatic heterocycles. The molecule has 0 bridgehead atoms. The molecule has 0 amide bonds. The third-order valence-electron chi connectivity index (χ3n) is 3.16. The Kier molecular flexibility index (Phi) is 4.03. The van der Waals surface area contributed by atoms with E-state index in [0.717, 1.165) is 11.4 Å². The van der Waals surface area contributed by atoms with Gasteiger partial charge >= 0.3 is 0 Å². The van der Waals surface area contributed by atoms with Gasteiger partial charge in [-0.1, -0.05) is 6.07 Å². The second-order valence-electron chi connectivity index (χ2n) is 4.55. The highest BCUT2D eigenvalue weighted by Crippen LogP contribution is 2.28. The molecule has 0 radical (unpaired) electrons. The molecule has 104 valence electrons. The number of hydrogen-bond acceptors (Lipinski definition) is 3. The Morgan fingerprint density at radius 2 is 1.90 bits per heavy atom. The van der Waals surface area contributed by atoms with Gasteiger partial charge in [0.25, 0.3) is 0 Å². The van der Waals surface area contributed by atoms with Crippen LogP contribution in [0.4, 0.5) is 21.5 Å². The molecule has 2 N–H and O–H groups in total. The SMILES string of the molecule is CCN(c1cccc(F)c1)c1ccc(C(C)=O)c(N)c1. The maximum atomic E-state index is 13.3. The minimum atomic E-state index is -0.283. The number of nitrogens with two attached hydrogens (primary N) is 1. The van der Waals surface area contributed by atoms with Crippen LogP contribution in [0.1, 0.15) is 24.2 Å². The quantitative estimate of drug-likeness (QED) is 0.680. The van der Waals surface area contributed by atoms with Crippen molar-refractivity contribution in [2.75, 3.05) is 17.2 Å². The van der Waals surface area contributed by atoms with Gasteiger partial charge in [0.2, 0.25) is 0 Å². The number of anilines is 3. The predicted octanol–water partition coefficient (Wildman–Crippen LogP) is 3.77. The summed E-state index contributed by atoms with van der Waals surface area (Å²) in [6.07, 6.45) is 0. The lowest BCUT2D eigenvalue weighted by molar-refractivity contribution is 0.101. The molecule has 0 aliphatic rings. The Balaban J connectivity index is 2.42. The normalized spacial score (nSPS) is 10.3. The summed E-state index contributed by atoms with van der Waals surface area (Å²) in [7, 11) is 0. The Hall–Kier alpha value is -2.36. The number of halogens is 1. The first-order valence-electron chi connectivity index (χ1n) is 6.46. The maximum absolute atomic E-state index is 13.3. The molecule has 0 saturated carbocycles. The van der Waals surface area contributed by atoms with Crippen molar-refractivity contribution in [2.24, 2.45) is 0 Å². The fraction of sp³-hybridized carbons (Fsp3) is 0.188. The van der Waals surface area contributed by atoms with E-state index in [1.807, 2.05) is 24.0 Å². The summed E-state index contributed by atoms with van der Waals surface area (Å²) in [5.41, 5.74) is 8.43. The fourth-order valence-electron chi connectivity index (χ4n) is 2.20.